The van der Waals surface area contributed by atoms with Crippen molar-refractivity contribution >= 4 is 0 Å². The summed E-state index contributed by atoms with van der Waals surface area (Å²) in [5.74, 6) is 0.719. The Labute approximate surface area is 141 Å². The summed E-state index contributed by atoms with van der Waals surface area (Å²) in [5.41, 5.74) is 5.21. The molecule has 1 heterocycles. The molecular weight excluding hydrogens is 284 g/mol. The molecule has 0 bridgehead atoms. The van der Waals surface area contributed by atoms with Crippen molar-refractivity contribution in [3.05, 3.63) is 35.3 Å². The van der Waals surface area contributed by atoms with Gasteiger partial charge in [0.25, 0.3) is 0 Å². The minimum Gasteiger partial charge on any atom is -0.472 e. The van der Waals surface area contributed by atoms with E-state index < -0.39 is 0 Å². The Hall–Kier alpha value is -1.02. The van der Waals surface area contributed by atoms with Gasteiger partial charge in [-0.05, 0) is 73.0 Å². The Morgan fingerprint density at radius 1 is 1.22 bits per heavy atom. The van der Waals surface area contributed by atoms with E-state index in [1.165, 1.54) is 36.8 Å². The van der Waals surface area contributed by atoms with Gasteiger partial charge >= 0.3 is 0 Å². The van der Waals surface area contributed by atoms with Crippen molar-refractivity contribution in [3.8, 4) is 0 Å². The lowest BCUT2D eigenvalue weighted by Gasteiger charge is -2.56. The molecule has 3 atom stereocenters. The van der Waals surface area contributed by atoms with Gasteiger partial charge in [-0.25, -0.2) is 0 Å². The van der Waals surface area contributed by atoms with E-state index in [0.717, 1.165) is 18.8 Å². The molecule has 0 saturated heterocycles. The van der Waals surface area contributed by atoms with Crippen LogP contribution in [0, 0.1) is 16.7 Å². The Bertz CT molecular complexity index is 567. The summed E-state index contributed by atoms with van der Waals surface area (Å²) in [5, 5.41) is 0. The van der Waals surface area contributed by atoms with Crippen LogP contribution in [0.1, 0.15) is 65.4 Å². The summed E-state index contributed by atoms with van der Waals surface area (Å²) in [6.07, 6.45) is 11.4. The Balaban J connectivity index is 1.94. The van der Waals surface area contributed by atoms with Crippen LogP contribution >= 0.6 is 0 Å². The van der Waals surface area contributed by atoms with Gasteiger partial charge in [0.15, 0.2) is 0 Å². The van der Waals surface area contributed by atoms with E-state index in [1.54, 1.807) is 11.8 Å². The number of allylic oxidation sites excluding steroid dienone is 1. The highest BCUT2D eigenvalue weighted by atomic mass is 16.5. The number of ether oxygens (including phenoxy) is 1. The molecule has 0 aromatic carbocycles. The molecule has 128 valence electrons. The minimum atomic E-state index is 0.296. The summed E-state index contributed by atoms with van der Waals surface area (Å²) >= 11 is 0. The quantitative estimate of drug-likeness (QED) is 0.657. The third-order valence-corrected chi connectivity index (χ3v) is 6.86. The molecule has 2 aliphatic carbocycles. The second kappa shape index (κ2) is 6.12. The van der Waals surface area contributed by atoms with Crippen LogP contribution < -0.4 is 0 Å². The van der Waals surface area contributed by atoms with Gasteiger partial charge in [0.2, 0.25) is 0 Å². The van der Waals surface area contributed by atoms with Crippen LogP contribution in [0.2, 0.25) is 0 Å². The van der Waals surface area contributed by atoms with Crippen molar-refractivity contribution in [2.75, 3.05) is 7.11 Å². The number of aryl methyl sites for hydroxylation is 1. The zero-order valence-corrected chi connectivity index (χ0v) is 15.4. The first-order valence-corrected chi connectivity index (χ1v) is 9.12. The standard InChI is InChI=1S/C21H32O2/c1-15-17(8-7-16-9-12-23-14-16)21(4)11-6-10-20(2,3)19(21)13-18(15)22-5/h9,12,14,18-19H,6-8,10-11,13H2,1-5H3/t18-,19-,21+/m0/s1. The lowest BCUT2D eigenvalue weighted by Crippen LogP contribution is -2.48. The smallest absolute Gasteiger partial charge is 0.0934 e. The van der Waals surface area contributed by atoms with Crippen molar-refractivity contribution in [2.24, 2.45) is 16.7 Å². The highest BCUT2D eigenvalue weighted by Crippen LogP contribution is 2.60. The van der Waals surface area contributed by atoms with Gasteiger partial charge in [-0.3, -0.25) is 0 Å². The average molecular weight is 316 g/mol. The van der Waals surface area contributed by atoms with E-state index in [9.17, 15) is 0 Å². The predicted molar refractivity (Wildman–Crippen MR) is 94.4 cm³/mol. The van der Waals surface area contributed by atoms with Crippen LogP contribution in [0.4, 0.5) is 0 Å². The molecule has 0 unspecified atom stereocenters. The molecule has 3 rings (SSSR count). The van der Waals surface area contributed by atoms with Crippen molar-refractivity contribution in [1.29, 1.82) is 0 Å². The van der Waals surface area contributed by atoms with Gasteiger partial charge < -0.3 is 9.15 Å². The van der Waals surface area contributed by atoms with E-state index in [1.807, 2.05) is 13.4 Å². The number of rotatable bonds is 4. The fraction of sp³-hybridized carbons (Fsp3) is 0.714. The van der Waals surface area contributed by atoms with Crippen molar-refractivity contribution in [3.63, 3.8) is 0 Å². The van der Waals surface area contributed by atoms with Gasteiger partial charge in [0, 0.05) is 7.11 Å². The first kappa shape index (κ1) is 16.8. The molecule has 0 radical (unpaired) electrons. The van der Waals surface area contributed by atoms with Gasteiger partial charge in [-0.1, -0.05) is 32.8 Å². The largest absolute Gasteiger partial charge is 0.472 e. The maximum absolute atomic E-state index is 5.88. The Morgan fingerprint density at radius 3 is 2.65 bits per heavy atom. The molecule has 1 saturated carbocycles. The van der Waals surface area contributed by atoms with Crippen LogP contribution in [-0.4, -0.2) is 13.2 Å². The second-order valence-electron chi connectivity index (χ2n) is 8.57. The predicted octanol–water partition coefficient (Wildman–Crippen LogP) is 5.78. The first-order chi connectivity index (χ1) is 10.9. The van der Waals surface area contributed by atoms with E-state index in [4.69, 9.17) is 9.15 Å². The summed E-state index contributed by atoms with van der Waals surface area (Å²) < 4.78 is 11.1. The molecular formula is C21H32O2. The highest BCUT2D eigenvalue weighted by molar-refractivity contribution is 5.31. The molecule has 1 fully saturated rings. The summed E-state index contributed by atoms with van der Waals surface area (Å²) in [6.45, 7) is 9.77. The molecule has 2 heteroatoms. The maximum Gasteiger partial charge on any atom is 0.0934 e. The zero-order chi connectivity index (χ0) is 16.7. The normalized spacial score (nSPS) is 33.6. The number of hydrogen-bond donors (Lipinski definition) is 0. The Kier molecular flexibility index (Phi) is 4.48. The Morgan fingerprint density at radius 2 is 2.00 bits per heavy atom. The minimum absolute atomic E-state index is 0.296. The number of methoxy groups -OCH3 is 1. The summed E-state index contributed by atoms with van der Waals surface area (Å²) in [4.78, 5) is 0. The highest BCUT2D eigenvalue weighted by Gasteiger charge is 2.51. The number of fused-ring (bicyclic) bond motifs is 1. The molecule has 0 spiro atoms. The van der Waals surface area contributed by atoms with E-state index >= 15 is 0 Å². The third-order valence-electron chi connectivity index (χ3n) is 6.86. The number of furan rings is 1. The van der Waals surface area contributed by atoms with Gasteiger partial charge in [0.05, 0.1) is 18.6 Å². The second-order valence-corrected chi connectivity index (χ2v) is 8.57. The van der Waals surface area contributed by atoms with E-state index in [2.05, 4.69) is 33.8 Å². The van der Waals surface area contributed by atoms with Gasteiger partial charge in [-0.2, -0.15) is 0 Å². The first-order valence-electron chi connectivity index (χ1n) is 9.12. The van der Waals surface area contributed by atoms with Crippen LogP contribution in [0.25, 0.3) is 0 Å². The van der Waals surface area contributed by atoms with Crippen molar-refractivity contribution < 1.29 is 9.15 Å². The molecule has 23 heavy (non-hydrogen) atoms. The monoisotopic (exact) mass is 316 g/mol. The lowest BCUT2D eigenvalue weighted by atomic mass is 9.49. The topological polar surface area (TPSA) is 22.4 Å². The molecule has 1 aromatic rings. The van der Waals surface area contributed by atoms with Crippen LogP contribution in [0.15, 0.2) is 34.2 Å². The van der Waals surface area contributed by atoms with Gasteiger partial charge in [0.1, 0.15) is 0 Å². The molecule has 2 nitrogen and oxygen atoms in total. The molecule has 2 aliphatic rings. The fourth-order valence-corrected chi connectivity index (χ4v) is 5.56. The zero-order valence-electron chi connectivity index (χ0n) is 15.4. The number of hydrogen-bond acceptors (Lipinski definition) is 2. The van der Waals surface area contributed by atoms with Crippen LogP contribution in [-0.2, 0) is 11.2 Å². The summed E-state index contributed by atoms with van der Waals surface area (Å²) in [6, 6.07) is 2.09. The van der Waals surface area contributed by atoms with E-state index in [-0.39, 0.29) is 0 Å². The van der Waals surface area contributed by atoms with E-state index in [0.29, 0.717) is 16.9 Å². The fourth-order valence-electron chi connectivity index (χ4n) is 5.56. The van der Waals surface area contributed by atoms with Gasteiger partial charge in [-0.15, -0.1) is 0 Å². The maximum atomic E-state index is 5.88. The molecule has 0 amide bonds. The molecule has 0 N–H and O–H groups in total. The molecule has 1 aromatic heterocycles. The van der Waals surface area contributed by atoms with Crippen LogP contribution in [0.5, 0.6) is 0 Å². The SMILES string of the molecule is CO[C@H]1C[C@H]2C(C)(C)CCC[C@]2(C)C(CCc2ccoc2)=C1C. The average Bonchev–Trinajstić information content (AvgIpc) is 2.99. The third kappa shape index (κ3) is 2.91. The van der Waals surface area contributed by atoms with Crippen molar-refractivity contribution in [1.82, 2.24) is 0 Å². The summed E-state index contributed by atoms with van der Waals surface area (Å²) in [7, 11) is 1.88. The van der Waals surface area contributed by atoms with Crippen molar-refractivity contribution in [2.45, 2.75) is 72.3 Å². The van der Waals surface area contributed by atoms with Crippen LogP contribution in [0.3, 0.4) is 0 Å². The molecule has 0 aliphatic heterocycles. The lowest BCUT2D eigenvalue weighted by molar-refractivity contribution is -0.0311.